The molecule has 1 heterocycles. The normalized spacial score (nSPS) is 13.5. The number of hydrogen-bond acceptors (Lipinski definition) is 4. The first-order chi connectivity index (χ1) is 12.7. The van der Waals surface area contributed by atoms with E-state index in [1.54, 1.807) is 24.3 Å². The standard InChI is InChI=1S/C19H18N4O2S/c24-17(11-26-19-22-15-6-1-2-7-16(15)23-19)20-14-5-3-4-12(10-14)18(25)21-13-8-9-13/h1-7,10,13H,8-9,11H2,(H,20,24)(H,21,25)(H,22,23). The monoisotopic (exact) mass is 366 g/mol. The van der Waals surface area contributed by atoms with Crippen molar-refractivity contribution in [3.8, 4) is 0 Å². The van der Waals surface area contributed by atoms with Crippen LogP contribution in [0.4, 0.5) is 5.69 Å². The topological polar surface area (TPSA) is 86.9 Å². The molecule has 0 saturated heterocycles. The zero-order valence-electron chi connectivity index (χ0n) is 14.0. The maximum atomic E-state index is 12.2. The highest BCUT2D eigenvalue weighted by Crippen LogP contribution is 2.21. The van der Waals surface area contributed by atoms with E-state index in [0.717, 1.165) is 23.9 Å². The highest BCUT2D eigenvalue weighted by molar-refractivity contribution is 7.99. The van der Waals surface area contributed by atoms with Crippen molar-refractivity contribution in [2.24, 2.45) is 0 Å². The number of para-hydroxylation sites is 2. The van der Waals surface area contributed by atoms with Gasteiger partial charge in [-0.2, -0.15) is 0 Å². The van der Waals surface area contributed by atoms with Gasteiger partial charge in [-0.25, -0.2) is 4.98 Å². The molecule has 1 aromatic heterocycles. The first-order valence-corrected chi connectivity index (χ1v) is 9.44. The molecule has 26 heavy (non-hydrogen) atoms. The van der Waals surface area contributed by atoms with E-state index in [1.165, 1.54) is 11.8 Å². The van der Waals surface area contributed by atoms with E-state index in [0.29, 0.717) is 22.4 Å². The van der Waals surface area contributed by atoms with Crippen LogP contribution in [0.15, 0.2) is 53.7 Å². The molecule has 2 aromatic carbocycles. The average Bonchev–Trinajstić information content (AvgIpc) is 3.35. The fraction of sp³-hybridized carbons (Fsp3) is 0.211. The number of amides is 2. The van der Waals surface area contributed by atoms with Gasteiger partial charge in [0.15, 0.2) is 5.16 Å². The molecule has 0 aliphatic heterocycles. The van der Waals surface area contributed by atoms with E-state index >= 15 is 0 Å². The van der Waals surface area contributed by atoms with Crippen LogP contribution in [-0.4, -0.2) is 33.6 Å². The van der Waals surface area contributed by atoms with Gasteiger partial charge in [0, 0.05) is 17.3 Å². The second kappa shape index (κ2) is 7.21. The highest BCUT2D eigenvalue weighted by Gasteiger charge is 2.23. The summed E-state index contributed by atoms with van der Waals surface area (Å²) in [7, 11) is 0. The number of H-pyrrole nitrogens is 1. The molecule has 0 bridgehead atoms. The van der Waals surface area contributed by atoms with Gasteiger partial charge in [0.2, 0.25) is 5.91 Å². The molecule has 1 fully saturated rings. The van der Waals surface area contributed by atoms with Crippen LogP contribution in [0.3, 0.4) is 0 Å². The molecule has 1 saturated carbocycles. The molecule has 0 radical (unpaired) electrons. The van der Waals surface area contributed by atoms with E-state index in [9.17, 15) is 9.59 Å². The zero-order valence-corrected chi connectivity index (χ0v) is 14.8. The number of nitrogens with one attached hydrogen (secondary N) is 3. The number of imidazole rings is 1. The van der Waals surface area contributed by atoms with E-state index in [2.05, 4.69) is 20.6 Å². The van der Waals surface area contributed by atoms with Gasteiger partial charge in [0.25, 0.3) is 5.91 Å². The minimum Gasteiger partial charge on any atom is -0.349 e. The molecule has 4 rings (SSSR count). The first-order valence-electron chi connectivity index (χ1n) is 8.46. The highest BCUT2D eigenvalue weighted by atomic mass is 32.2. The molecule has 7 heteroatoms. The third-order valence-electron chi connectivity index (χ3n) is 4.03. The van der Waals surface area contributed by atoms with E-state index < -0.39 is 0 Å². The van der Waals surface area contributed by atoms with Crippen molar-refractivity contribution in [2.45, 2.75) is 24.0 Å². The molecule has 0 unspecified atom stereocenters. The van der Waals surface area contributed by atoms with Crippen molar-refractivity contribution in [2.75, 3.05) is 11.1 Å². The molecule has 3 N–H and O–H groups in total. The summed E-state index contributed by atoms with van der Waals surface area (Å²) < 4.78 is 0. The lowest BCUT2D eigenvalue weighted by atomic mass is 10.2. The van der Waals surface area contributed by atoms with Gasteiger partial charge in [-0.1, -0.05) is 30.0 Å². The van der Waals surface area contributed by atoms with Crippen molar-refractivity contribution in [3.05, 3.63) is 54.1 Å². The summed E-state index contributed by atoms with van der Waals surface area (Å²) in [5.41, 5.74) is 3.00. The number of anilines is 1. The molecule has 6 nitrogen and oxygen atoms in total. The predicted octanol–water partition coefficient (Wildman–Crippen LogP) is 3.19. The van der Waals surface area contributed by atoms with Crippen molar-refractivity contribution in [1.29, 1.82) is 0 Å². The van der Waals surface area contributed by atoms with Crippen molar-refractivity contribution < 1.29 is 9.59 Å². The molecule has 0 spiro atoms. The van der Waals surface area contributed by atoms with Crippen LogP contribution >= 0.6 is 11.8 Å². The smallest absolute Gasteiger partial charge is 0.251 e. The van der Waals surface area contributed by atoms with Crippen LogP contribution in [0.1, 0.15) is 23.2 Å². The Bertz CT molecular complexity index is 932. The molecule has 1 aliphatic rings. The summed E-state index contributed by atoms with van der Waals surface area (Å²) in [6.07, 6.45) is 2.09. The van der Waals surface area contributed by atoms with Gasteiger partial charge >= 0.3 is 0 Å². The van der Waals surface area contributed by atoms with Gasteiger partial charge in [-0.15, -0.1) is 0 Å². The maximum Gasteiger partial charge on any atom is 0.251 e. The lowest BCUT2D eigenvalue weighted by Gasteiger charge is -2.07. The maximum absolute atomic E-state index is 12.2. The second-order valence-electron chi connectivity index (χ2n) is 6.22. The number of carbonyl (C=O) groups is 2. The fourth-order valence-electron chi connectivity index (χ4n) is 2.56. The van der Waals surface area contributed by atoms with Crippen molar-refractivity contribution in [1.82, 2.24) is 15.3 Å². The first kappa shape index (κ1) is 16.7. The van der Waals surface area contributed by atoms with Gasteiger partial charge in [-0.05, 0) is 43.2 Å². The van der Waals surface area contributed by atoms with E-state index in [4.69, 9.17) is 0 Å². The predicted molar refractivity (Wildman–Crippen MR) is 102 cm³/mol. The Balaban J connectivity index is 1.34. The van der Waals surface area contributed by atoms with Crippen LogP contribution < -0.4 is 10.6 Å². The Morgan fingerprint density at radius 2 is 2.00 bits per heavy atom. The van der Waals surface area contributed by atoms with Gasteiger partial charge in [-0.3, -0.25) is 9.59 Å². The zero-order chi connectivity index (χ0) is 17.9. The number of carbonyl (C=O) groups excluding carboxylic acids is 2. The summed E-state index contributed by atoms with van der Waals surface area (Å²) in [6, 6.07) is 15.0. The quantitative estimate of drug-likeness (QED) is 0.585. The van der Waals surface area contributed by atoms with Crippen molar-refractivity contribution >= 4 is 40.3 Å². The Morgan fingerprint density at radius 3 is 2.81 bits per heavy atom. The molecule has 132 valence electrons. The Hall–Kier alpha value is -2.80. The van der Waals surface area contributed by atoms with Gasteiger partial charge in [0.05, 0.1) is 16.8 Å². The third kappa shape index (κ3) is 4.05. The SMILES string of the molecule is O=C(CSc1nc2ccccc2[nH]1)Nc1cccc(C(=O)NC2CC2)c1. The molecule has 0 atom stereocenters. The molecular weight excluding hydrogens is 348 g/mol. The van der Waals surface area contributed by atoms with Crippen LogP contribution in [0.2, 0.25) is 0 Å². The number of benzene rings is 2. The number of rotatable bonds is 6. The molecule has 1 aliphatic carbocycles. The summed E-state index contributed by atoms with van der Waals surface area (Å²) in [4.78, 5) is 31.9. The number of aromatic nitrogens is 2. The van der Waals surface area contributed by atoms with E-state index in [1.807, 2.05) is 24.3 Å². The van der Waals surface area contributed by atoms with Crippen LogP contribution in [0.25, 0.3) is 11.0 Å². The summed E-state index contributed by atoms with van der Waals surface area (Å²) in [5.74, 6) is -0.00587. The fourth-order valence-corrected chi connectivity index (χ4v) is 3.25. The number of hydrogen-bond donors (Lipinski definition) is 3. The van der Waals surface area contributed by atoms with Crippen LogP contribution in [0, 0.1) is 0 Å². The van der Waals surface area contributed by atoms with Gasteiger partial charge in [0.1, 0.15) is 0 Å². The van der Waals surface area contributed by atoms with Crippen molar-refractivity contribution in [3.63, 3.8) is 0 Å². The Labute approximate surface area is 154 Å². The van der Waals surface area contributed by atoms with Crippen LogP contribution in [0.5, 0.6) is 0 Å². The molecular formula is C19H18N4O2S. The number of aromatic amines is 1. The minimum atomic E-state index is -0.143. The molecule has 2 amide bonds. The van der Waals surface area contributed by atoms with E-state index in [-0.39, 0.29) is 17.6 Å². The summed E-state index contributed by atoms with van der Waals surface area (Å²) in [6.45, 7) is 0. The Kier molecular flexibility index (Phi) is 4.62. The minimum absolute atomic E-state index is 0.0970. The third-order valence-corrected chi connectivity index (χ3v) is 4.90. The summed E-state index contributed by atoms with van der Waals surface area (Å²) in [5, 5.41) is 6.48. The number of fused-ring (bicyclic) bond motifs is 1. The van der Waals surface area contributed by atoms with Crippen LogP contribution in [-0.2, 0) is 4.79 Å². The average molecular weight is 366 g/mol. The molecule has 3 aromatic rings. The Morgan fingerprint density at radius 1 is 1.15 bits per heavy atom. The lowest BCUT2D eigenvalue weighted by molar-refractivity contribution is -0.113. The summed E-state index contributed by atoms with van der Waals surface area (Å²) >= 11 is 1.34. The number of nitrogens with zero attached hydrogens (tertiary/aromatic N) is 1. The van der Waals surface area contributed by atoms with Gasteiger partial charge < -0.3 is 15.6 Å². The largest absolute Gasteiger partial charge is 0.349 e. The second-order valence-corrected chi connectivity index (χ2v) is 7.19. The lowest BCUT2D eigenvalue weighted by Crippen LogP contribution is -2.25. The number of thioether (sulfide) groups is 1.